The number of benzene rings is 2. The second kappa shape index (κ2) is 13.0. The van der Waals surface area contributed by atoms with Crippen LogP contribution >= 0.6 is 0 Å². The standard InChI is InChI=1S/C29H38N2/c1-3-5-6-7-8-9-25-10-12-26(13-11-25)22-30-31-23-27-16-20-29(21-17-27)28-18-14-24(4-2)15-19-28/h3,10-13,16-17,20-24,28H,1,4-9,14-15,18-19H2,2H3. The molecule has 0 N–H and O–H groups in total. The van der Waals surface area contributed by atoms with Gasteiger partial charge in [0, 0.05) is 0 Å². The Morgan fingerprint density at radius 3 is 2.00 bits per heavy atom. The summed E-state index contributed by atoms with van der Waals surface area (Å²) in [5.41, 5.74) is 5.07. The Hall–Kier alpha value is -2.48. The van der Waals surface area contributed by atoms with Crippen molar-refractivity contribution in [1.82, 2.24) is 0 Å². The summed E-state index contributed by atoms with van der Waals surface area (Å²) >= 11 is 0. The number of unbranched alkanes of at least 4 members (excludes halogenated alkanes) is 3. The van der Waals surface area contributed by atoms with Gasteiger partial charge in [0.1, 0.15) is 0 Å². The molecular weight excluding hydrogens is 376 g/mol. The summed E-state index contributed by atoms with van der Waals surface area (Å²) in [6.45, 7) is 6.10. The monoisotopic (exact) mass is 414 g/mol. The molecular formula is C29H38N2. The lowest BCUT2D eigenvalue weighted by Crippen LogP contribution is -2.12. The maximum Gasteiger partial charge on any atom is 0.0568 e. The van der Waals surface area contributed by atoms with Crippen LogP contribution < -0.4 is 0 Å². The van der Waals surface area contributed by atoms with E-state index < -0.39 is 0 Å². The van der Waals surface area contributed by atoms with Gasteiger partial charge in [-0.3, -0.25) is 0 Å². The van der Waals surface area contributed by atoms with Crippen LogP contribution in [0.2, 0.25) is 0 Å². The largest absolute Gasteiger partial charge is 0.159 e. The Morgan fingerprint density at radius 2 is 1.42 bits per heavy atom. The number of rotatable bonds is 11. The molecule has 0 unspecified atom stereocenters. The molecule has 2 heteroatoms. The van der Waals surface area contributed by atoms with Crippen molar-refractivity contribution >= 4 is 12.4 Å². The van der Waals surface area contributed by atoms with E-state index in [2.05, 4.69) is 72.2 Å². The summed E-state index contributed by atoms with van der Waals surface area (Å²) in [4.78, 5) is 0. The predicted octanol–water partition coefficient (Wildman–Crippen LogP) is 8.11. The zero-order valence-electron chi connectivity index (χ0n) is 19.2. The topological polar surface area (TPSA) is 24.7 Å². The minimum Gasteiger partial charge on any atom is -0.159 e. The molecule has 2 aromatic carbocycles. The zero-order valence-corrected chi connectivity index (χ0v) is 19.2. The van der Waals surface area contributed by atoms with Crippen LogP contribution in [0.5, 0.6) is 0 Å². The second-order valence-electron chi connectivity index (χ2n) is 8.91. The highest BCUT2D eigenvalue weighted by Gasteiger charge is 2.20. The summed E-state index contributed by atoms with van der Waals surface area (Å²) in [7, 11) is 0. The summed E-state index contributed by atoms with van der Waals surface area (Å²) in [6.07, 6.45) is 18.5. The molecule has 0 amide bonds. The smallest absolute Gasteiger partial charge is 0.0568 e. The van der Waals surface area contributed by atoms with Crippen LogP contribution in [0, 0.1) is 5.92 Å². The van der Waals surface area contributed by atoms with E-state index in [4.69, 9.17) is 0 Å². The lowest BCUT2D eigenvalue weighted by Gasteiger charge is -2.28. The Labute approximate surface area is 189 Å². The second-order valence-corrected chi connectivity index (χ2v) is 8.91. The fourth-order valence-electron chi connectivity index (χ4n) is 4.52. The maximum atomic E-state index is 4.24. The van der Waals surface area contributed by atoms with E-state index in [0.717, 1.165) is 35.8 Å². The highest BCUT2D eigenvalue weighted by Crippen LogP contribution is 2.36. The SMILES string of the molecule is C=CCCCCCc1ccc(C=NN=Cc2ccc(C3CCC(CC)CC3)cc2)cc1. The minimum atomic E-state index is 0.738. The fourth-order valence-corrected chi connectivity index (χ4v) is 4.52. The van der Waals surface area contributed by atoms with Gasteiger partial charge in [0.2, 0.25) is 0 Å². The predicted molar refractivity (Wildman–Crippen MR) is 135 cm³/mol. The van der Waals surface area contributed by atoms with Crippen molar-refractivity contribution < 1.29 is 0 Å². The molecule has 31 heavy (non-hydrogen) atoms. The van der Waals surface area contributed by atoms with Gasteiger partial charge >= 0.3 is 0 Å². The third-order valence-electron chi connectivity index (χ3n) is 6.67. The van der Waals surface area contributed by atoms with Crippen molar-refractivity contribution in [3.8, 4) is 0 Å². The van der Waals surface area contributed by atoms with Gasteiger partial charge in [-0.2, -0.15) is 10.2 Å². The molecule has 2 nitrogen and oxygen atoms in total. The number of nitrogens with zero attached hydrogens (tertiary/aromatic N) is 2. The zero-order chi connectivity index (χ0) is 21.7. The molecule has 1 fully saturated rings. The summed E-state index contributed by atoms with van der Waals surface area (Å²) < 4.78 is 0. The third-order valence-corrected chi connectivity index (χ3v) is 6.67. The molecule has 0 aliphatic heterocycles. The molecule has 164 valence electrons. The summed E-state index contributed by atoms with van der Waals surface area (Å²) in [5.74, 6) is 1.69. The van der Waals surface area contributed by atoms with E-state index in [1.165, 1.54) is 62.5 Å². The van der Waals surface area contributed by atoms with Crippen LogP contribution in [0.15, 0.2) is 71.4 Å². The van der Waals surface area contributed by atoms with Crippen molar-refractivity contribution in [2.24, 2.45) is 16.1 Å². The van der Waals surface area contributed by atoms with Crippen molar-refractivity contribution in [3.63, 3.8) is 0 Å². The number of aryl methyl sites for hydroxylation is 1. The van der Waals surface area contributed by atoms with Gasteiger partial charge in [-0.1, -0.05) is 74.4 Å². The van der Waals surface area contributed by atoms with Gasteiger partial charge in [0.15, 0.2) is 0 Å². The molecule has 1 aliphatic carbocycles. The fraction of sp³-hybridized carbons (Fsp3) is 0.448. The Bertz CT molecular complexity index is 822. The highest BCUT2D eigenvalue weighted by atomic mass is 15.2. The molecule has 2 aromatic rings. The molecule has 0 bridgehead atoms. The van der Waals surface area contributed by atoms with E-state index in [0.29, 0.717) is 0 Å². The van der Waals surface area contributed by atoms with Crippen LogP contribution in [0.25, 0.3) is 0 Å². The average molecular weight is 415 g/mol. The molecule has 0 radical (unpaired) electrons. The Morgan fingerprint density at radius 1 is 0.806 bits per heavy atom. The van der Waals surface area contributed by atoms with Gasteiger partial charge in [0.25, 0.3) is 0 Å². The lowest BCUT2D eigenvalue weighted by molar-refractivity contribution is 0.319. The highest BCUT2D eigenvalue weighted by molar-refractivity contribution is 5.82. The number of hydrogen-bond donors (Lipinski definition) is 0. The molecule has 0 spiro atoms. The maximum absolute atomic E-state index is 4.24. The van der Waals surface area contributed by atoms with Crippen LogP contribution in [0.1, 0.15) is 92.9 Å². The van der Waals surface area contributed by atoms with Crippen molar-refractivity contribution in [2.45, 2.75) is 77.0 Å². The first-order valence-electron chi connectivity index (χ1n) is 12.1. The summed E-state index contributed by atoms with van der Waals surface area (Å²) in [6, 6.07) is 17.5. The molecule has 0 atom stereocenters. The minimum absolute atomic E-state index is 0.738. The Balaban J connectivity index is 1.43. The quantitative estimate of drug-likeness (QED) is 0.153. The van der Waals surface area contributed by atoms with E-state index in [9.17, 15) is 0 Å². The third kappa shape index (κ3) is 7.94. The Kier molecular flexibility index (Phi) is 9.76. The molecule has 3 rings (SSSR count). The molecule has 1 saturated carbocycles. The molecule has 0 aromatic heterocycles. The first-order chi connectivity index (χ1) is 15.3. The van der Waals surface area contributed by atoms with Crippen LogP contribution in [-0.2, 0) is 6.42 Å². The van der Waals surface area contributed by atoms with Crippen LogP contribution in [0.3, 0.4) is 0 Å². The first kappa shape index (κ1) is 23.2. The lowest BCUT2D eigenvalue weighted by atomic mass is 9.78. The van der Waals surface area contributed by atoms with Gasteiger partial charge < -0.3 is 0 Å². The summed E-state index contributed by atoms with van der Waals surface area (Å²) in [5, 5.41) is 8.46. The van der Waals surface area contributed by atoms with E-state index in [1.807, 2.05) is 18.5 Å². The van der Waals surface area contributed by atoms with Crippen molar-refractivity contribution in [1.29, 1.82) is 0 Å². The first-order valence-corrected chi connectivity index (χ1v) is 12.1. The number of allylic oxidation sites excluding steroid dienone is 1. The van der Waals surface area contributed by atoms with Gasteiger partial charge in [-0.05, 0) is 85.5 Å². The van der Waals surface area contributed by atoms with E-state index in [1.54, 1.807) is 0 Å². The molecule has 0 saturated heterocycles. The average Bonchev–Trinajstić information content (AvgIpc) is 2.83. The van der Waals surface area contributed by atoms with Crippen molar-refractivity contribution in [3.05, 3.63) is 83.4 Å². The van der Waals surface area contributed by atoms with Gasteiger partial charge in [-0.15, -0.1) is 6.58 Å². The van der Waals surface area contributed by atoms with E-state index >= 15 is 0 Å². The molecule has 0 heterocycles. The van der Waals surface area contributed by atoms with Gasteiger partial charge in [-0.25, -0.2) is 0 Å². The van der Waals surface area contributed by atoms with E-state index in [-0.39, 0.29) is 0 Å². The normalized spacial score (nSPS) is 19.3. The molecule has 1 aliphatic rings. The van der Waals surface area contributed by atoms with Gasteiger partial charge in [0.05, 0.1) is 12.4 Å². The van der Waals surface area contributed by atoms with Crippen LogP contribution in [0.4, 0.5) is 0 Å². The van der Waals surface area contributed by atoms with Crippen molar-refractivity contribution in [2.75, 3.05) is 0 Å². The van der Waals surface area contributed by atoms with Crippen LogP contribution in [-0.4, -0.2) is 12.4 Å². The number of hydrogen-bond acceptors (Lipinski definition) is 2.